The lowest BCUT2D eigenvalue weighted by molar-refractivity contribution is -0.123. The van der Waals surface area contributed by atoms with E-state index in [0.717, 1.165) is 5.56 Å². The van der Waals surface area contributed by atoms with Gasteiger partial charge in [0.15, 0.2) is 5.11 Å². The summed E-state index contributed by atoms with van der Waals surface area (Å²) in [5.41, 5.74) is 1.03. The normalized spacial score (nSPS) is 15.6. The Kier molecular flexibility index (Phi) is 3.64. The van der Waals surface area contributed by atoms with E-state index in [4.69, 9.17) is 12.2 Å². The number of hydrogen-bond donors (Lipinski definition) is 2. The molecule has 0 spiro atoms. The number of amides is 2. The highest BCUT2D eigenvalue weighted by molar-refractivity contribution is 7.80. The molecule has 5 heteroatoms. The van der Waals surface area contributed by atoms with Crippen LogP contribution in [0.3, 0.4) is 0 Å². The second kappa shape index (κ2) is 5.37. The van der Waals surface area contributed by atoms with Crippen molar-refractivity contribution in [1.29, 1.82) is 0 Å². The maximum Gasteiger partial charge on any atom is 0.263 e. The maximum atomic E-state index is 11.5. The van der Waals surface area contributed by atoms with Gasteiger partial charge in [0.25, 0.3) is 11.8 Å². The number of carbonyl (C=O) groups is 2. The third-order valence-electron chi connectivity index (χ3n) is 2.29. The van der Waals surface area contributed by atoms with Crippen LogP contribution in [0.1, 0.15) is 5.56 Å². The highest BCUT2D eigenvalue weighted by atomic mass is 32.1. The molecule has 1 aliphatic rings. The molecule has 2 rings (SSSR count). The lowest BCUT2D eigenvalue weighted by atomic mass is 10.1. The van der Waals surface area contributed by atoms with Gasteiger partial charge in [-0.05, 0) is 23.9 Å². The summed E-state index contributed by atoms with van der Waals surface area (Å²) in [7, 11) is 0. The van der Waals surface area contributed by atoms with Crippen molar-refractivity contribution in [2.75, 3.05) is 0 Å². The maximum absolute atomic E-state index is 11.5. The molecule has 0 aromatic heterocycles. The molecule has 1 aromatic carbocycles. The number of hydrogen-bond acceptors (Lipinski definition) is 3. The van der Waals surface area contributed by atoms with E-state index >= 15 is 0 Å². The number of thiocarbonyl (C=S) groups is 1. The predicted octanol–water partition coefficient (Wildman–Crippen LogP) is 1.16. The minimum Gasteiger partial charge on any atom is -0.299 e. The highest BCUT2D eigenvalue weighted by Crippen LogP contribution is 2.04. The van der Waals surface area contributed by atoms with Crippen molar-refractivity contribution in [1.82, 2.24) is 10.6 Å². The van der Waals surface area contributed by atoms with Crippen molar-refractivity contribution in [3.8, 4) is 0 Å². The fourth-order valence-corrected chi connectivity index (χ4v) is 1.63. The second-order valence-corrected chi connectivity index (χ2v) is 4.00. The van der Waals surface area contributed by atoms with E-state index < -0.39 is 11.8 Å². The van der Waals surface area contributed by atoms with E-state index in [9.17, 15) is 9.59 Å². The van der Waals surface area contributed by atoms with Gasteiger partial charge < -0.3 is 0 Å². The molecule has 18 heavy (non-hydrogen) atoms. The smallest absolute Gasteiger partial charge is 0.263 e. The monoisotopic (exact) mass is 258 g/mol. The fraction of sp³-hybridized carbons (Fsp3) is 0. The predicted molar refractivity (Wildman–Crippen MR) is 72.4 cm³/mol. The van der Waals surface area contributed by atoms with Crippen molar-refractivity contribution in [2.45, 2.75) is 0 Å². The van der Waals surface area contributed by atoms with Crippen molar-refractivity contribution in [3.63, 3.8) is 0 Å². The van der Waals surface area contributed by atoms with Crippen molar-refractivity contribution in [2.24, 2.45) is 0 Å². The summed E-state index contributed by atoms with van der Waals surface area (Å²) in [6.45, 7) is 0. The van der Waals surface area contributed by atoms with Gasteiger partial charge in [0.2, 0.25) is 0 Å². The molecule has 0 bridgehead atoms. The van der Waals surface area contributed by atoms with Crippen LogP contribution in [0.15, 0.2) is 48.1 Å². The van der Waals surface area contributed by atoms with Gasteiger partial charge in [-0.3, -0.25) is 20.2 Å². The molecular formula is C13H10N2O2S. The van der Waals surface area contributed by atoms with Crippen LogP contribution in [0.4, 0.5) is 0 Å². The van der Waals surface area contributed by atoms with Crippen LogP contribution in [0.5, 0.6) is 0 Å². The van der Waals surface area contributed by atoms with E-state index in [2.05, 4.69) is 10.6 Å². The molecule has 4 nitrogen and oxygen atoms in total. The average Bonchev–Trinajstić information content (AvgIpc) is 2.34. The van der Waals surface area contributed by atoms with E-state index in [0.29, 0.717) is 0 Å². The average molecular weight is 258 g/mol. The van der Waals surface area contributed by atoms with Crippen LogP contribution in [0.25, 0.3) is 6.08 Å². The molecule has 0 unspecified atom stereocenters. The zero-order valence-electron chi connectivity index (χ0n) is 9.34. The number of nitrogens with one attached hydrogen (secondary N) is 2. The molecule has 1 aliphatic heterocycles. The zero-order valence-corrected chi connectivity index (χ0v) is 10.2. The lowest BCUT2D eigenvalue weighted by Gasteiger charge is -2.15. The molecule has 0 aliphatic carbocycles. The molecule has 1 saturated heterocycles. The van der Waals surface area contributed by atoms with Crippen LogP contribution in [0, 0.1) is 0 Å². The SMILES string of the molecule is O=C1NC(=S)NC(=O)C1=C/C=C/c1ccccc1. The van der Waals surface area contributed by atoms with Crippen LogP contribution >= 0.6 is 12.2 Å². The summed E-state index contributed by atoms with van der Waals surface area (Å²) in [5, 5.41) is 4.77. The van der Waals surface area contributed by atoms with E-state index in [1.165, 1.54) is 6.08 Å². The largest absolute Gasteiger partial charge is 0.299 e. The molecule has 0 radical (unpaired) electrons. The van der Waals surface area contributed by atoms with Crippen LogP contribution < -0.4 is 10.6 Å². The Morgan fingerprint density at radius 2 is 1.61 bits per heavy atom. The first-order valence-electron chi connectivity index (χ1n) is 5.27. The van der Waals surface area contributed by atoms with Gasteiger partial charge in [-0.1, -0.05) is 42.5 Å². The minimum absolute atomic E-state index is 0.0363. The summed E-state index contributed by atoms with van der Waals surface area (Å²) in [6, 6.07) is 9.58. The Labute approximate surface area is 109 Å². The number of carbonyl (C=O) groups excluding carboxylic acids is 2. The van der Waals surface area contributed by atoms with E-state index in [1.807, 2.05) is 30.3 Å². The van der Waals surface area contributed by atoms with E-state index in [1.54, 1.807) is 12.2 Å². The summed E-state index contributed by atoms with van der Waals surface area (Å²) in [6.07, 6.45) is 4.91. The quantitative estimate of drug-likeness (QED) is 0.475. The van der Waals surface area contributed by atoms with Gasteiger partial charge in [0.1, 0.15) is 5.57 Å². The molecule has 2 N–H and O–H groups in total. The fourth-order valence-electron chi connectivity index (χ4n) is 1.45. The van der Waals surface area contributed by atoms with Gasteiger partial charge in [-0.2, -0.15) is 0 Å². The van der Waals surface area contributed by atoms with Crippen molar-refractivity contribution < 1.29 is 9.59 Å². The van der Waals surface area contributed by atoms with Gasteiger partial charge in [-0.25, -0.2) is 0 Å². The number of benzene rings is 1. The Morgan fingerprint density at radius 1 is 1.00 bits per heavy atom. The zero-order chi connectivity index (χ0) is 13.0. The molecule has 1 fully saturated rings. The first-order chi connectivity index (χ1) is 8.66. The third kappa shape index (κ3) is 2.89. The Balaban J connectivity index is 2.14. The van der Waals surface area contributed by atoms with Gasteiger partial charge in [0, 0.05) is 0 Å². The number of rotatable bonds is 2. The molecule has 90 valence electrons. The topological polar surface area (TPSA) is 58.2 Å². The Morgan fingerprint density at radius 3 is 2.22 bits per heavy atom. The number of allylic oxidation sites excluding steroid dienone is 2. The summed E-state index contributed by atoms with van der Waals surface area (Å²) in [5.74, 6) is -0.970. The Bertz CT molecular complexity index is 540. The highest BCUT2D eigenvalue weighted by Gasteiger charge is 2.24. The molecule has 1 heterocycles. The lowest BCUT2D eigenvalue weighted by Crippen LogP contribution is -2.51. The third-order valence-corrected chi connectivity index (χ3v) is 2.50. The van der Waals surface area contributed by atoms with Gasteiger partial charge >= 0.3 is 0 Å². The van der Waals surface area contributed by atoms with Crippen molar-refractivity contribution >= 4 is 35.2 Å². The summed E-state index contributed by atoms with van der Waals surface area (Å²) < 4.78 is 0. The van der Waals surface area contributed by atoms with Crippen LogP contribution in [-0.4, -0.2) is 16.9 Å². The van der Waals surface area contributed by atoms with Crippen LogP contribution in [-0.2, 0) is 9.59 Å². The first kappa shape index (κ1) is 12.2. The summed E-state index contributed by atoms with van der Waals surface area (Å²) in [4.78, 5) is 23.0. The minimum atomic E-state index is -0.485. The summed E-state index contributed by atoms with van der Waals surface area (Å²) >= 11 is 4.69. The van der Waals surface area contributed by atoms with E-state index in [-0.39, 0.29) is 10.7 Å². The van der Waals surface area contributed by atoms with Crippen molar-refractivity contribution in [3.05, 3.63) is 53.6 Å². The Hall–Kier alpha value is -2.27. The molecule has 0 saturated carbocycles. The molecule has 1 aromatic rings. The van der Waals surface area contributed by atoms with Crippen LogP contribution in [0.2, 0.25) is 0 Å². The first-order valence-corrected chi connectivity index (χ1v) is 5.68. The molecule has 2 amide bonds. The second-order valence-electron chi connectivity index (χ2n) is 3.59. The molecular weight excluding hydrogens is 248 g/mol. The standard InChI is InChI=1S/C13H10N2O2S/c16-11-10(12(17)15-13(18)14-11)8-4-7-9-5-2-1-3-6-9/h1-8H,(H2,14,15,16,17,18)/b7-4+. The molecule has 0 atom stereocenters. The van der Waals surface area contributed by atoms with Gasteiger partial charge in [-0.15, -0.1) is 0 Å². The van der Waals surface area contributed by atoms with Gasteiger partial charge in [0.05, 0.1) is 0 Å².